The Morgan fingerprint density at radius 1 is 1.23 bits per heavy atom. The monoisotopic (exact) mass is 438 g/mol. The van der Waals surface area contributed by atoms with E-state index < -0.39 is 4.92 Å². The van der Waals surface area contributed by atoms with Gasteiger partial charge >= 0.3 is 0 Å². The van der Waals surface area contributed by atoms with Gasteiger partial charge in [0.15, 0.2) is 0 Å². The fourth-order valence-corrected chi connectivity index (χ4v) is 4.36. The van der Waals surface area contributed by atoms with E-state index in [0.29, 0.717) is 17.6 Å². The number of aryl methyl sites for hydroxylation is 1. The largest absolute Gasteiger partial charge is 0.311 e. The van der Waals surface area contributed by atoms with Crippen molar-refractivity contribution in [2.75, 3.05) is 17.2 Å². The molecular weight excluding hydrogens is 416 g/mol. The van der Waals surface area contributed by atoms with Crippen molar-refractivity contribution < 1.29 is 9.72 Å². The number of nitro benzene ring substituents is 1. The number of nitro groups is 1. The van der Waals surface area contributed by atoms with Crippen molar-refractivity contribution in [1.82, 2.24) is 20.2 Å². The van der Waals surface area contributed by atoms with Gasteiger partial charge in [0.25, 0.3) is 5.69 Å². The number of thioether (sulfide) groups is 1. The third-order valence-corrected chi connectivity index (χ3v) is 6.17. The number of tetrazole rings is 1. The Bertz CT molecular complexity index is 1110. The molecule has 0 N–H and O–H groups in total. The van der Waals surface area contributed by atoms with E-state index in [-0.39, 0.29) is 17.3 Å². The summed E-state index contributed by atoms with van der Waals surface area (Å²) in [6.45, 7) is 4.86. The van der Waals surface area contributed by atoms with Crippen molar-refractivity contribution in [1.29, 1.82) is 0 Å². The standard InChI is InChI=1S/C21H22N6O3S/c1-14(2)15-5-7-17(8-6-15)26-21(22-23-24-26)31-13-20(28)25-11-3-4-16-12-18(27(29)30)9-10-19(16)25/h5-10,12,14H,3-4,11,13H2,1-2H3. The first-order valence-electron chi connectivity index (χ1n) is 10.0. The Morgan fingerprint density at radius 3 is 2.71 bits per heavy atom. The molecule has 0 spiro atoms. The van der Waals surface area contributed by atoms with Crippen LogP contribution >= 0.6 is 11.8 Å². The lowest BCUT2D eigenvalue weighted by molar-refractivity contribution is -0.384. The molecule has 2 aromatic carbocycles. The molecule has 160 valence electrons. The van der Waals surface area contributed by atoms with Crippen LogP contribution in [0.3, 0.4) is 0 Å². The number of hydrogen-bond acceptors (Lipinski definition) is 7. The van der Waals surface area contributed by atoms with E-state index >= 15 is 0 Å². The molecule has 0 saturated carbocycles. The van der Waals surface area contributed by atoms with Crippen LogP contribution in [0.4, 0.5) is 11.4 Å². The molecule has 10 heteroatoms. The Morgan fingerprint density at radius 2 is 2.00 bits per heavy atom. The minimum Gasteiger partial charge on any atom is -0.311 e. The first kappa shape index (κ1) is 21.0. The lowest BCUT2D eigenvalue weighted by atomic mass is 10.0. The summed E-state index contributed by atoms with van der Waals surface area (Å²) in [4.78, 5) is 25.3. The summed E-state index contributed by atoms with van der Waals surface area (Å²) in [6, 6.07) is 12.7. The molecule has 0 atom stereocenters. The van der Waals surface area contributed by atoms with Gasteiger partial charge in [-0.05, 0) is 58.5 Å². The normalized spacial score (nSPS) is 13.3. The molecular formula is C21H22N6O3S. The fourth-order valence-electron chi connectivity index (χ4n) is 3.59. The summed E-state index contributed by atoms with van der Waals surface area (Å²) in [5, 5.41) is 23.5. The Balaban J connectivity index is 1.47. The quantitative estimate of drug-likeness (QED) is 0.327. The average molecular weight is 439 g/mol. The molecule has 1 aliphatic heterocycles. The zero-order valence-electron chi connectivity index (χ0n) is 17.3. The first-order valence-corrected chi connectivity index (χ1v) is 11.0. The van der Waals surface area contributed by atoms with Crippen molar-refractivity contribution in [2.24, 2.45) is 0 Å². The van der Waals surface area contributed by atoms with Crippen molar-refractivity contribution in [2.45, 2.75) is 37.8 Å². The van der Waals surface area contributed by atoms with Crippen molar-refractivity contribution in [3.8, 4) is 5.69 Å². The third-order valence-electron chi connectivity index (χ3n) is 5.26. The molecule has 4 rings (SSSR count). The second kappa shape index (κ2) is 8.84. The number of hydrogen-bond donors (Lipinski definition) is 0. The van der Waals surface area contributed by atoms with Gasteiger partial charge in [0.05, 0.1) is 16.4 Å². The predicted molar refractivity (Wildman–Crippen MR) is 118 cm³/mol. The van der Waals surface area contributed by atoms with Crippen LogP contribution in [-0.4, -0.2) is 43.3 Å². The summed E-state index contributed by atoms with van der Waals surface area (Å²) in [7, 11) is 0. The number of benzene rings is 2. The van der Waals surface area contributed by atoms with Crippen LogP contribution < -0.4 is 4.90 Å². The number of fused-ring (bicyclic) bond motifs is 1. The van der Waals surface area contributed by atoms with E-state index in [1.165, 1.54) is 23.4 Å². The number of non-ortho nitro benzene ring substituents is 1. The summed E-state index contributed by atoms with van der Waals surface area (Å²) in [5.74, 6) is 0.522. The van der Waals surface area contributed by atoms with Gasteiger partial charge in [0.1, 0.15) is 0 Å². The number of nitrogens with zero attached hydrogens (tertiary/aromatic N) is 6. The highest BCUT2D eigenvalue weighted by atomic mass is 32.2. The topological polar surface area (TPSA) is 107 Å². The van der Waals surface area contributed by atoms with Crippen LogP contribution in [0.25, 0.3) is 5.69 Å². The number of anilines is 1. The van der Waals surface area contributed by atoms with E-state index in [1.807, 2.05) is 24.3 Å². The van der Waals surface area contributed by atoms with E-state index in [4.69, 9.17) is 0 Å². The van der Waals surface area contributed by atoms with Gasteiger partial charge in [-0.15, -0.1) is 5.10 Å². The maximum absolute atomic E-state index is 12.9. The summed E-state index contributed by atoms with van der Waals surface area (Å²) in [6.07, 6.45) is 1.49. The maximum Gasteiger partial charge on any atom is 0.269 e. The van der Waals surface area contributed by atoms with E-state index in [2.05, 4.69) is 29.4 Å². The van der Waals surface area contributed by atoms with Crippen molar-refractivity contribution in [3.63, 3.8) is 0 Å². The zero-order valence-corrected chi connectivity index (χ0v) is 18.1. The Hall–Kier alpha value is -3.27. The molecule has 2 heterocycles. The van der Waals surface area contributed by atoms with E-state index in [0.717, 1.165) is 29.8 Å². The Kier molecular flexibility index (Phi) is 5.99. The number of aromatic nitrogens is 4. The molecule has 0 unspecified atom stereocenters. The summed E-state index contributed by atoms with van der Waals surface area (Å²) >= 11 is 1.27. The zero-order chi connectivity index (χ0) is 22.0. The molecule has 0 bridgehead atoms. The Labute approximate surface area is 183 Å². The van der Waals surface area contributed by atoms with E-state index in [1.54, 1.807) is 21.7 Å². The number of amides is 1. The molecule has 0 saturated heterocycles. The van der Waals surface area contributed by atoms with Gasteiger partial charge in [-0.1, -0.05) is 37.7 Å². The van der Waals surface area contributed by atoms with Crippen molar-refractivity contribution >= 4 is 29.0 Å². The molecule has 31 heavy (non-hydrogen) atoms. The third kappa shape index (κ3) is 4.43. The minimum absolute atomic E-state index is 0.0464. The van der Waals surface area contributed by atoms with Crippen molar-refractivity contribution in [3.05, 3.63) is 63.7 Å². The summed E-state index contributed by atoms with van der Waals surface area (Å²) in [5.41, 5.74) is 3.68. The molecule has 1 aromatic heterocycles. The molecule has 9 nitrogen and oxygen atoms in total. The van der Waals surface area contributed by atoms with E-state index in [9.17, 15) is 14.9 Å². The van der Waals surface area contributed by atoms with Crippen LogP contribution in [0, 0.1) is 10.1 Å². The van der Waals surface area contributed by atoms with Gasteiger partial charge in [0.2, 0.25) is 11.1 Å². The van der Waals surface area contributed by atoms with Crippen LogP contribution in [0.1, 0.15) is 37.3 Å². The van der Waals surface area contributed by atoms with Crippen LogP contribution in [0.15, 0.2) is 47.6 Å². The highest BCUT2D eigenvalue weighted by Gasteiger charge is 2.25. The predicted octanol–water partition coefficient (Wildman–Crippen LogP) is 3.77. The SMILES string of the molecule is CC(C)c1ccc(-n2nnnc2SCC(=O)N2CCCc3cc([N+](=O)[O-])ccc32)cc1. The van der Waals surface area contributed by atoms with Gasteiger partial charge in [0, 0.05) is 24.4 Å². The van der Waals surface area contributed by atoms with Crippen LogP contribution in [0.5, 0.6) is 0 Å². The molecule has 0 radical (unpaired) electrons. The van der Waals surface area contributed by atoms with Gasteiger partial charge in [-0.3, -0.25) is 14.9 Å². The van der Waals surface area contributed by atoms with Gasteiger partial charge in [-0.25, -0.2) is 0 Å². The first-order chi connectivity index (χ1) is 14.9. The van der Waals surface area contributed by atoms with Gasteiger partial charge < -0.3 is 4.90 Å². The molecule has 3 aromatic rings. The fraction of sp³-hybridized carbons (Fsp3) is 0.333. The summed E-state index contributed by atoms with van der Waals surface area (Å²) < 4.78 is 1.62. The second-order valence-corrected chi connectivity index (χ2v) is 8.57. The van der Waals surface area contributed by atoms with Crippen LogP contribution in [-0.2, 0) is 11.2 Å². The maximum atomic E-state index is 12.9. The highest BCUT2D eigenvalue weighted by molar-refractivity contribution is 7.99. The molecule has 0 aliphatic carbocycles. The minimum atomic E-state index is -0.412. The van der Waals surface area contributed by atoms with Gasteiger partial charge in [-0.2, -0.15) is 4.68 Å². The number of carbonyl (C=O) groups is 1. The smallest absolute Gasteiger partial charge is 0.269 e. The average Bonchev–Trinajstić information content (AvgIpc) is 3.25. The number of rotatable bonds is 6. The highest BCUT2D eigenvalue weighted by Crippen LogP contribution is 2.31. The lowest BCUT2D eigenvalue weighted by Crippen LogP contribution is -2.36. The molecule has 1 amide bonds. The molecule has 1 aliphatic rings. The number of carbonyl (C=O) groups excluding carboxylic acids is 1. The van der Waals surface area contributed by atoms with Crippen LogP contribution in [0.2, 0.25) is 0 Å². The lowest BCUT2D eigenvalue weighted by Gasteiger charge is -2.29. The molecule has 0 fully saturated rings. The second-order valence-electron chi connectivity index (χ2n) is 7.63.